The molecule has 2 nitrogen and oxygen atoms in total. The van der Waals surface area contributed by atoms with Crippen LogP contribution in [0.2, 0.25) is 0 Å². The molecule has 1 aliphatic rings. The van der Waals surface area contributed by atoms with Crippen molar-refractivity contribution in [3.63, 3.8) is 0 Å². The molecule has 2 rings (SSSR count). The van der Waals surface area contributed by atoms with E-state index in [9.17, 15) is 0 Å². The van der Waals surface area contributed by atoms with Crippen molar-refractivity contribution in [2.75, 3.05) is 13.2 Å². The van der Waals surface area contributed by atoms with E-state index >= 15 is 0 Å². The van der Waals surface area contributed by atoms with E-state index in [1.54, 1.807) is 0 Å². The molecule has 18 heavy (non-hydrogen) atoms. The maximum absolute atomic E-state index is 5.52. The van der Waals surface area contributed by atoms with Gasteiger partial charge >= 0.3 is 0 Å². The molecule has 0 aromatic heterocycles. The third-order valence-corrected chi connectivity index (χ3v) is 4.23. The van der Waals surface area contributed by atoms with E-state index in [1.807, 2.05) is 0 Å². The molecule has 0 fully saturated rings. The van der Waals surface area contributed by atoms with Crippen LogP contribution in [0.5, 0.6) is 5.75 Å². The molecule has 0 radical (unpaired) electrons. The summed E-state index contributed by atoms with van der Waals surface area (Å²) in [5.74, 6) is 1.76. The Hall–Kier alpha value is -1.02. The summed E-state index contributed by atoms with van der Waals surface area (Å²) in [6, 6.07) is 6.55. The number of rotatable bonds is 5. The van der Waals surface area contributed by atoms with E-state index in [0.717, 1.165) is 31.9 Å². The topological polar surface area (TPSA) is 21.3 Å². The van der Waals surface area contributed by atoms with E-state index in [1.165, 1.54) is 11.1 Å². The summed E-state index contributed by atoms with van der Waals surface area (Å²) in [5, 5.41) is 3.57. The van der Waals surface area contributed by atoms with Crippen molar-refractivity contribution in [3.05, 3.63) is 29.3 Å². The van der Waals surface area contributed by atoms with Crippen LogP contribution in [0.4, 0.5) is 0 Å². The van der Waals surface area contributed by atoms with Crippen molar-refractivity contribution in [2.24, 2.45) is 11.3 Å². The van der Waals surface area contributed by atoms with Crippen LogP contribution in [0.1, 0.15) is 38.8 Å². The zero-order valence-electron chi connectivity index (χ0n) is 12.0. The van der Waals surface area contributed by atoms with Crippen molar-refractivity contribution in [3.8, 4) is 5.75 Å². The van der Waals surface area contributed by atoms with Crippen LogP contribution in [-0.4, -0.2) is 13.2 Å². The molecule has 0 spiro atoms. The predicted octanol–water partition coefficient (Wildman–Crippen LogP) is 3.39. The molecule has 100 valence electrons. The van der Waals surface area contributed by atoms with Gasteiger partial charge in [0, 0.05) is 19.5 Å². The first-order chi connectivity index (χ1) is 8.49. The van der Waals surface area contributed by atoms with Crippen molar-refractivity contribution >= 4 is 0 Å². The molecule has 0 saturated heterocycles. The third kappa shape index (κ3) is 3.05. The second kappa shape index (κ2) is 5.31. The van der Waals surface area contributed by atoms with Crippen molar-refractivity contribution < 1.29 is 4.74 Å². The molecule has 1 N–H and O–H groups in total. The van der Waals surface area contributed by atoms with Crippen LogP contribution in [0.15, 0.2) is 18.2 Å². The van der Waals surface area contributed by atoms with Gasteiger partial charge in [0.05, 0.1) is 6.61 Å². The summed E-state index contributed by atoms with van der Waals surface area (Å²) >= 11 is 0. The summed E-state index contributed by atoms with van der Waals surface area (Å²) in [6.45, 7) is 12.1. The molecule has 1 aliphatic heterocycles. The maximum atomic E-state index is 5.52. The van der Waals surface area contributed by atoms with Gasteiger partial charge in [-0.15, -0.1) is 0 Å². The van der Waals surface area contributed by atoms with Crippen LogP contribution in [0.3, 0.4) is 0 Å². The van der Waals surface area contributed by atoms with Crippen molar-refractivity contribution in [1.82, 2.24) is 5.32 Å². The quantitative estimate of drug-likeness (QED) is 0.861. The molecule has 0 bridgehead atoms. The molecule has 2 heteroatoms. The normalized spacial score (nSPS) is 14.7. The highest BCUT2D eigenvalue weighted by Gasteiger charge is 2.21. The second-order valence-corrected chi connectivity index (χ2v) is 6.29. The number of hydrogen-bond donors (Lipinski definition) is 1. The monoisotopic (exact) mass is 247 g/mol. The highest BCUT2D eigenvalue weighted by Crippen LogP contribution is 2.27. The van der Waals surface area contributed by atoms with Gasteiger partial charge in [-0.25, -0.2) is 0 Å². The van der Waals surface area contributed by atoms with Gasteiger partial charge in [-0.2, -0.15) is 0 Å². The van der Waals surface area contributed by atoms with E-state index in [2.05, 4.69) is 51.2 Å². The van der Waals surface area contributed by atoms with E-state index in [0.29, 0.717) is 11.3 Å². The molecule has 0 saturated carbocycles. The summed E-state index contributed by atoms with van der Waals surface area (Å²) in [6.07, 6.45) is 1.06. The minimum Gasteiger partial charge on any atom is -0.493 e. The number of benzene rings is 1. The maximum Gasteiger partial charge on any atom is 0.122 e. The lowest BCUT2D eigenvalue weighted by Crippen LogP contribution is -2.33. The molecular formula is C16H25NO. The molecular weight excluding hydrogens is 222 g/mol. The second-order valence-electron chi connectivity index (χ2n) is 6.29. The van der Waals surface area contributed by atoms with Gasteiger partial charge < -0.3 is 10.1 Å². The van der Waals surface area contributed by atoms with Gasteiger partial charge in [0.25, 0.3) is 0 Å². The van der Waals surface area contributed by atoms with Gasteiger partial charge in [-0.05, 0) is 28.5 Å². The molecule has 1 heterocycles. The van der Waals surface area contributed by atoms with Crippen LogP contribution in [0.25, 0.3) is 0 Å². The SMILES string of the molecule is CC(C)C(C)(C)CNCc1ccc2c(c1)CCO2. The fourth-order valence-electron chi connectivity index (χ4n) is 2.08. The van der Waals surface area contributed by atoms with Gasteiger partial charge in [0.1, 0.15) is 5.75 Å². The lowest BCUT2D eigenvalue weighted by Gasteiger charge is -2.29. The number of nitrogens with one attached hydrogen (secondary N) is 1. The fourth-order valence-corrected chi connectivity index (χ4v) is 2.08. The van der Waals surface area contributed by atoms with Gasteiger partial charge in [0.15, 0.2) is 0 Å². The Morgan fingerprint density at radius 3 is 2.83 bits per heavy atom. The zero-order chi connectivity index (χ0) is 13.2. The standard InChI is InChI=1S/C16H25NO/c1-12(2)16(3,4)11-17-10-13-5-6-15-14(9-13)7-8-18-15/h5-6,9,12,17H,7-8,10-11H2,1-4H3. The van der Waals surface area contributed by atoms with E-state index in [4.69, 9.17) is 4.74 Å². The summed E-state index contributed by atoms with van der Waals surface area (Å²) in [7, 11) is 0. The molecule has 1 aromatic rings. The smallest absolute Gasteiger partial charge is 0.122 e. The Kier molecular flexibility index (Phi) is 3.96. The summed E-state index contributed by atoms with van der Waals surface area (Å²) in [5.41, 5.74) is 3.07. The zero-order valence-corrected chi connectivity index (χ0v) is 12.0. The molecule has 1 aromatic carbocycles. The first-order valence-corrected chi connectivity index (χ1v) is 6.94. The van der Waals surface area contributed by atoms with Crippen LogP contribution < -0.4 is 10.1 Å². The Balaban J connectivity index is 1.87. The number of hydrogen-bond acceptors (Lipinski definition) is 2. The van der Waals surface area contributed by atoms with Gasteiger partial charge in [-0.1, -0.05) is 39.8 Å². The van der Waals surface area contributed by atoms with Crippen molar-refractivity contribution in [1.29, 1.82) is 0 Å². The lowest BCUT2D eigenvalue weighted by molar-refractivity contribution is 0.238. The average molecular weight is 247 g/mol. The van der Waals surface area contributed by atoms with E-state index in [-0.39, 0.29) is 0 Å². The Morgan fingerprint density at radius 2 is 2.11 bits per heavy atom. The first-order valence-electron chi connectivity index (χ1n) is 6.94. The van der Waals surface area contributed by atoms with Crippen molar-refractivity contribution in [2.45, 2.75) is 40.7 Å². The highest BCUT2D eigenvalue weighted by atomic mass is 16.5. The van der Waals surface area contributed by atoms with E-state index < -0.39 is 0 Å². The summed E-state index contributed by atoms with van der Waals surface area (Å²) in [4.78, 5) is 0. The fraction of sp³-hybridized carbons (Fsp3) is 0.625. The lowest BCUT2D eigenvalue weighted by atomic mass is 9.81. The number of ether oxygens (including phenoxy) is 1. The van der Waals surface area contributed by atoms with Crippen LogP contribution >= 0.6 is 0 Å². The van der Waals surface area contributed by atoms with Gasteiger partial charge in [0.2, 0.25) is 0 Å². The average Bonchev–Trinajstić information content (AvgIpc) is 2.75. The predicted molar refractivity (Wildman–Crippen MR) is 76.0 cm³/mol. The largest absolute Gasteiger partial charge is 0.493 e. The minimum absolute atomic E-state index is 0.347. The van der Waals surface area contributed by atoms with Gasteiger partial charge in [-0.3, -0.25) is 0 Å². The molecule has 0 aliphatic carbocycles. The first kappa shape index (κ1) is 13.4. The molecule has 0 unspecified atom stereocenters. The third-order valence-electron chi connectivity index (χ3n) is 4.23. The molecule has 0 atom stereocenters. The van der Waals surface area contributed by atoms with Crippen LogP contribution in [0, 0.1) is 11.3 Å². The minimum atomic E-state index is 0.347. The van der Waals surface area contributed by atoms with Crippen LogP contribution in [-0.2, 0) is 13.0 Å². The molecule has 0 amide bonds. The Labute approximate surface area is 111 Å². The highest BCUT2D eigenvalue weighted by molar-refractivity contribution is 5.39. The summed E-state index contributed by atoms with van der Waals surface area (Å²) < 4.78 is 5.52. The number of fused-ring (bicyclic) bond motifs is 1. The Morgan fingerprint density at radius 1 is 1.33 bits per heavy atom. The Bertz CT molecular complexity index is 410.